The largest absolute Gasteiger partial charge is 0.392 e. The Bertz CT molecular complexity index is 472. The average Bonchev–Trinajstić information content (AvgIpc) is 2.93. The summed E-state index contributed by atoms with van der Waals surface area (Å²) in [5.41, 5.74) is 6.55. The third kappa shape index (κ3) is 3.55. The topological polar surface area (TPSA) is 64.4 Å². The first-order valence-electron chi connectivity index (χ1n) is 6.86. The molecule has 0 aromatic heterocycles. The zero-order valence-electron chi connectivity index (χ0n) is 11.5. The second kappa shape index (κ2) is 6.81. The van der Waals surface area contributed by atoms with Gasteiger partial charge < -0.3 is 15.8 Å². The van der Waals surface area contributed by atoms with E-state index in [2.05, 4.69) is 5.32 Å². The Morgan fingerprint density at radius 2 is 2.15 bits per heavy atom. The molecule has 1 aliphatic rings. The molecule has 3 atom stereocenters. The van der Waals surface area contributed by atoms with Gasteiger partial charge in [-0.05, 0) is 25.3 Å². The fraction of sp³-hybridized carbons (Fsp3) is 0.467. The predicted molar refractivity (Wildman–Crippen MR) is 82.5 cm³/mol. The Morgan fingerprint density at radius 1 is 1.45 bits per heavy atom. The highest BCUT2D eigenvalue weighted by Gasteiger charge is 2.28. The van der Waals surface area contributed by atoms with Crippen LogP contribution < -0.4 is 11.1 Å². The maximum absolute atomic E-state index is 12.4. The summed E-state index contributed by atoms with van der Waals surface area (Å²) in [5.74, 6) is -0.748. The number of thiocarbonyl (C=S) groups is 1. The van der Waals surface area contributed by atoms with Crippen molar-refractivity contribution in [2.45, 2.75) is 37.8 Å². The molecule has 0 bridgehead atoms. The SMILES string of the molecule is CC(NC(=O)C(C(N)=S)c1ccccc1)C1CCCO1. The van der Waals surface area contributed by atoms with Crippen molar-refractivity contribution in [2.75, 3.05) is 6.61 Å². The monoisotopic (exact) mass is 292 g/mol. The fourth-order valence-corrected chi connectivity index (χ4v) is 2.73. The number of rotatable bonds is 5. The summed E-state index contributed by atoms with van der Waals surface area (Å²) >= 11 is 5.05. The van der Waals surface area contributed by atoms with E-state index in [4.69, 9.17) is 22.7 Å². The zero-order valence-corrected chi connectivity index (χ0v) is 12.4. The molecule has 2 rings (SSSR count). The number of hydrogen-bond donors (Lipinski definition) is 2. The predicted octanol–water partition coefficient (Wildman–Crippen LogP) is 1.74. The fourth-order valence-electron chi connectivity index (χ4n) is 2.49. The van der Waals surface area contributed by atoms with E-state index in [1.165, 1.54) is 0 Å². The van der Waals surface area contributed by atoms with Crippen LogP contribution in [0.4, 0.5) is 0 Å². The van der Waals surface area contributed by atoms with Crippen LogP contribution in [0.15, 0.2) is 30.3 Å². The maximum atomic E-state index is 12.4. The van der Waals surface area contributed by atoms with Crippen molar-refractivity contribution >= 4 is 23.1 Å². The molecule has 0 saturated carbocycles. The molecule has 0 radical (unpaired) electrons. The van der Waals surface area contributed by atoms with Gasteiger partial charge in [0.1, 0.15) is 5.92 Å². The van der Waals surface area contributed by atoms with Crippen molar-refractivity contribution in [3.63, 3.8) is 0 Å². The van der Waals surface area contributed by atoms with Crippen LogP contribution in [0.1, 0.15) is 31.2 Å². The van der Waals surface area contributed by atoms with E-state index in [0.29, 0.717) is 0 Å². The van der Waals surface area contributed by atoms with Gasteiger partial charge in [-0.25, -0.2) is 0 Å². The highest BCUT2D eigenvalue weighted by atomic mass is 32.1. The number of nitrogens with two attached hydrogens (primary N) is 1. The van der Waals surface area contributed by atoms with E-state index in [0.717, 1.165) is 25.0 Å². The van der Waals surface area contributed by atoms with E-state index in [-0.39, 0.29) is 23.0 Å². The number of ether oxygens (including phenoxy) is 1. The van der Waals surface area contributed by atoms with E-state index in [9.17, 15) is 4.79 Å². The number of carbonyl (C=O) groups excluding carboxylic acids is 1. The van der Waals surface area contributed by atoms with Crippen LogP contribution in [-0.2, 0) is 9.53 Å². The second-order valence-electron chi connectivity index (χ2n) is 5.09. The van der Waals surface area contributed by atoms with Crippen molar-refractivity contribution in [2.24, 2.45) is 5.73 Å². The lowest BCUT2D eigenvalue weighted by molar-refractivity contribution is -0.122. The Balaban J connectivity index is 2.06. The molecule has 1 amide bonds. The molecule has 108 valence electrons. The van der Waals surface area contributed by atoms with E-state index >= 15 is 0 Å². The Hall–Kier alpha value is -1.46. The number of benzene rings is 1. The van der Waals surface area contributed by atoms with E-state index < -0.39 is 5.92 Å². The van der Waals surface area contributed by atoms with Gasteiger partial charge in [-0.3, -0.25) is 4.79 Å². The summed E-state index contributed by atoms with van der Waals surface area (Å²) in [6, 6.07) is 9.33. The zero-order chi connectivity index (χ0) is 14.5. The highest BCUT2D eigenvalue weighted by molar-refractivity contribution is 7.80. The van der Waals surface area contributed by atoms with Gasteiger partial charge in [-0.1, -0.05) is 42.5 Å². The summed E-state index contributed by atoms with van der Waals surface area (Å²) in [6.45, 7) is 2.72. The maximum Gasteiger partial charge on any atom is 0.234 e. The van der Waals surface area contributed by atoms with Crippen molar-refractivity contribution < 1.29 is 9.53 Å². The molecule has 0 aliphatic carbocycles. The van der Waals surface area contributed by atoms with E-state index in [1.807, 2.05) is 37.3 Å². The van der Waals surface area contributed by atoms with Crippen LogP contribution in [0.5, 0.6) is 0 Å². The first-order chi connectivity index (χ1) is 9.59. The second-order valence-corrected chi connectivity index (χ2v) is 5.57. The van der Waals surface area contributed by atoms with Crippen LogP contribution in [-0.4, -0.2) is 29.6 Å². The lowest BCUT2D eigenvalue weighted by Gasteiger charge is -2.23. The van der Waals surface area contributed by atoms with Gasteiger partial charge in [-0.15, -0.1) is 0 Å². The molecule has 1 aromatic rings. The number of hydrogen-bond acceptors (Lipinski definition) is 3. The van der Waals surface area contributed by atoms with Gasteiger partial charge >= 0.3 is 0 Å². The Morgan fingerprint density at radius 3 is 2.70 bits per heavy atom. The normalized spacial score (nSPS) is 21.1. The molecule has 1 aliphatic heterocycles. The molecule has 4 nitrogen and oxygen atoms in total. The van der Waals surface area contributed by atoms with E-state index in [1.54, 1.807) is 0 Å². The van der Waals surface area contributed by atoms with Crippen LogP contribution in [0.2, 0.25) is 0 Å². The minimum absolute atomic E-state index is 0.0365. The van der Waals surface area contributed by atoms with Gasteiger partial charge in [0.25, 0.3) is 0 Å². The molecule has 1 fully saturated rings. The summed E-state index contributed by atoms with van der Waals surface area (Å²) in [7, 11) is 0. The molecule has 20 heavy (non-hydrogen) atoms. The molecule has 3 unspecified atom stereocenters. The van der Waals surface area contributed by atoms with Crippen LogP contribution in [0.25, 0.3) is 0 Å². The molecule has 0 spiro atoms. The average molecular weight is 292 g/mol. The molecular formula is C15H20N2O2S. The van der Waals surface area contributed by atoms with Crippen LogP contribution >= 0.6 is 12.2 Å². The lowest BCUT2D eigenvalue weighted by Crippen LogP contribution is -2.45. The first kappa shape index (κ1) is 14.9. The van der Waals surface area contributed by atoms with Crippen molar-refractivity contribution in [1.82, 2.24) is 5.32 Å². The van der Waals surface area contributed by atoms with Crippen LogP contribution in [0.3, 0.4) is 0 Å². The third-order valence-corrected chi connectivity index (χ3v) is 3.81. The van der Waals surface area contributed by atoms with Gasteiger partial charge in [0.15, 0.2) is 0 Å². The molecular weight excluding hydrogens is 272 g/mol. The van der Waals surface area contributed by atoms with Crippen molar-refractivity contribution in [3.8, 4) is 0 Å². The molecule has 1 aromatic carbocycles. The summed E-state index contributed by atoms with van der Waals surface area (Å²) < 4.78 is 5.58. The number of amides is 1. The highest BCUT2D eigenvalue weighted by Crippen LogP contribution is 2.19. The minimum atomic E-state index is -0.588. The van der Waals surface area contributed by atoms with Crippen molar-refractivity contribution in [3.05, 3.63) is 35.9 Å². The third-order valence-electron chi connectivity index (χ3n) is 3.57. The molecule has 1 heterocycles. The van der Waals surface area contributed by atoms with Crippen LogP contribution in [0, 0.1) is 0 Å². The molecule has 5 heteroatoms. The lowest BCUT2D eigenvalue weighted by atomic mass is 9.97. The molecule has 3 N–H and O–H groups in total. The quantitative estimate of drug-likeness (QED) is 0.811. The van der Waals surface area contributed by atoms with Gasteiger partial charge in [0.2, 0.25) is 5.91 Å². The standard InChI is InChI=1S/C15H20N2O2S/c1-10(12-8-5-9-19-12)17-15(18)13(14(16)20)11-6-3-2-4-7-11/h2-4,6-7,10,12-13H,5,8-9H2,1H3,(H2,16,20)(H,17,18). The first-order valence-corrected chi connectivity index (χ1v) is 7.26. The Kier molecular flexibility index (Phi) is 5.09. The smallest absolute Gasteiger partial charge is 0.234 e. The van der Waals surface area contributed by atoms with Gasteiger partial charge in [0, 0.05) is 6.61 Å². The summed E-state index contributed by atoms with van der Waals surface area (Å²) in [4.78, 5) is 12.6. The molecule has 1 saturated heterocycles. The number of nitrogens with one attached hydrogen (secondary N) is 1. The summed E-state index contributed by atoms with van der Waals surface area (Å²) in [5, 5.41) is 2.97. The Labute approximate surface area is 124 Å². The van der Waals surface area contributed by atoms with Gasteiger partial charge in [-0.2, -0.15) is 0 Å². The minimum Gasteiger partial charge on any atom is -0.392 e. The van der Waals surface area contributed by atoms with Gasteiger partial charge in [0.05, 0.1) is 17.1 Å². The number of carbonyl (C=O) groups is 1. The van der Waals surface area contributed by atoms with Crippen molar-refractivity contribution in [1.29, 1.82) is 0 Å². The summed E-state index contributed by atoms with van der Waals surface area (Å²) in [6.07, 6.45) is 2.11.